The minimum atomic E-state index is -0.280. The van der Waals surface area contributed by atoms with E-state index in [1.165, 1.54) is 12.1 Å². The van der Waals surface area contributed by atoms with E-state index in [1.54, 1.807) is 23.4 Å². The van der Waals surface area contributed by atoms with Crippen LogP contribution in [0.25, 0.3) is 0 Å². The van der Waals surface area contributed by atoms with Crippen molar-refractivity contribution >= 4 is 11.8 Å². The lowest BCUT2D eigenvalue weighted by Gasteiger charge is -2.32. The van der Waals surface area contributed by atoms with Gasteiger partial charge in [-0.1, -0.05) is 26.0 Å². The summed E-state index contributed by atoms with van der Waals surface area (Å²) in [6.07, 6.45) is 4.65. The Kier molecular flexibility index (Phi) is 6.89. The number of amides is 2. The molecule has 8 heteroatoms. The summed E-state index contributed by atoms with van der Waals surface area (Å²) < 4.78 is 21.1. The molecular weight excluding hydrogens is 411 g/mol. The highest BCUT2D eigenvalue weighted by molar-refractivity contribution is 5.93. The summed E-state index contributed by atoms with van der Waals surface area (Å²) in [5.74, 6) is -0.334. The van der Waals surface area contributed by atoms with Crippen molar-refractivity contribution in [2.75, 3.05) is 13.1 Å². The summed E-state index contributed by atoms with van der Waals surface area (Å²) >= 11 is 0. The van der Waals surface area contributed by atoms with Gasteiger partial charge in [0, 0.05) is 25.0 Å². The Balaban J connectivity index is 1.36. The van der Waals surface area contributed by atoms with Crippen LogP contribution in [0.4, 0.5) is 4.39 Å². The van der Waals surface area contributed by atoms with Crippen molar-refractivity contribution in [2.24, 2.45) is 5.92 Å². The fourth-order valence-electron chi connectivity index (χ4n) is 4.49. The van der Waals surface area contributed by atoms with Gasteiger partial charge in [-0.05, 0) is 43.4 Å². The van der Waals surface area contributed by atoms with E-state index < -0.39 is 0 Å². The lowest BCUT2D eigenvalue weighted by molar-refractivity contribution is -0.127. The van der Waals surface area contributed by atoms with E-state index in [0.29, 0.717) is 38.2 Å². The zero-order valence-electron chi connectivity index (χ0n) is 18.7. The molecule has 1 atom stereocenters. The number of fused-ring (bicyclic) bond motifs is 1. The Morgan fingerprint density at radius 3 is 2.53 bits per heavy atom. The van der Waals surface area contributed by atoms with Crippen LogP contribution in [0.3, 0.4) is 0 Å². The Labute approximate surface area is 188 Å². The van der Waals surface area contributed by atoms with Gasteiger partial charge in [0.05, 0.1) is 25.2 Å². The summed E-state index contributed by atoms with van der Waals surface area (Å²) in [6, 6.07) is 6.50. The molecule has 1 aromatic heterocycles. The molecule has 3 heterocycles. The number of nitrogens with zero attached hydrogens (tertiary/aromatic N) is 3. The Hall–Kier alpha value is -2.74. The number of imidazole rings is 1. The van der Waals surface area contributed by atoms with Gasteiger partial charge in [0.15, 0.2) is 5.69 Å². The standard InChI is InChI=1S/C24H31FN4O3/c1-3-19(4-2)27-23(30)17-9-11-28(12-10-17)24(31)22-20-14-32-21(13-29(20)15-26-22)16-5-7-18(25)8-6-16/h5-8,15,17,19,21H,3-4,9-14H2,1-2H3,(H,27,30). The van der Waals surface area contributed by atoms with Crippen molar-refractivity contribution in [3.05, 3.63) is 53.4 Å². The summed E-state index contributed by atoms with van der Waals surface area (Å²) in [6.45, 7) is 6.05. The first-order chi connectivity index (χ1) is 15.5. The molecule has 172 valence electrons. The number of piperidine rings is 1. The van der Waals surface area contributed by atoms with E-state index in [9.17, 15) is 14.0 Å². The second-order valence-corrected chi connectivity index (χ2v) is 8.63. The Bertz CT molecular complexity index is 947. The van der Waals surface area contributed by atoms with Crippen LogP contribution in [0, 0.1) is 11.7 Å². The smallest absolute Gasteiger partial charge is 0.274 e. The van der Waals surface area contributed by atoms with Crippen LogP contribution in [-0.2, 0) is 22.7 Å². The third-order valence-electron chi connectivity index (χ3n) is 6.66. The monoisotopic (exact) mass is 442 g/mol. The fraction of sp³-hybridized carbons (Fsp3) is 0.542. The van der Waals surface area contributed by atoms with E-state index in [-0.39, 0.29) is 42.3 Å². The van der Waals surface area contributed by atoms with Crippen LogP contribution in [0.15, 0.2) is 30.6 Å². The molecule has 32 heavy (non-hydrogen) atoms. The SMILES string of the molecule is CCC(CC)NC(=O)C1CCN(C(=O)c2ncn3c2COC(c2ccc(F)cc2)C3)CC1. The maximum absolute atomic E-state index is 13.2. The predicted octanol–water partition coefficient (Wildman–Crippen LogP) is 3.45. The predicted molar refractivity (Wildman–Crippen MR) is 117 cm³/mol. The number of benzene rings is 1. The number of likely N-dealkylation sites (tertiary alicyclic amines) is 1. The van der Waals surface area contributed by atoms with Gasteiger partial charge >= 0.3 is 0 Å². The molecule has 2 amide bonds. The number of nitrogens with one attached hydrogen (secondary N) is 1. The van der Waals surface area contributed by atoms with Gasteiger partial charge in [0.1, 0.15) is 11.9 Å². The topological polar surface area (TPSA) is 76.5 Å². The Morgan fingerprint density at radius 2 is 1.88 bits per heavy atom. The van der Waals surface area contributed by atoms with Crippen LogP contribution in [-0.4, -0.2) is 45.4 Å². The van der Waals surface area contributed by atoms with Gasteiger partial charge in [-0.3, -0.25) is 9.59 Å². The highest BCUT2D eigenvalue weighted by Gasteiger charge is 2.32. The first-order valence-corrected chi connectivity index (χ1v) is 11.5. The summed E-state index contributed by atoms with van der Waals surface area (Å²) in [7, 11) is 0. The maximum Gasteiger partial charge on any atom is 0.274 e. The van der Waals surface area contributed by atoms with Crippen molar-refractivity contribution in [1.82, 2.24) is 19.8 Å². The lowest BCUT2D eigenvalue weighted by Crippen LogP contribution is -2.45. The van der Waals surface area contributed by atoms with Crippen LogP contribution < -0.4 is 5.32 Å². The first-order valence-electron chi connectivity index (χ1n) is 11.5. The van der Waals surface area contributed by atoms with Crippen LogP contribution in [0.1, 0.15) is 67.4 Å². The lowest BCUT2D eigenvalue weighted by atomic mass is 9.95. The molecule has 0 bridgehead atoms. The third kappa shape index (κ3) is 4.70. The molecule has 1 fully saturated rings. The largest absolute Gasteiger partial charge is 0.365 e. The molecule has 4 rings (SSSR count). The zero-order chi connectivity index (χ0) is 22.7. The number of carbonyl (C=O) groups excluding carboxylic acids is 2. The second kappa shape index (κ2) is 9.81. The number of hydrogen-bond acceptors (Lipinski definition) is 4. The van der Waals surface area contributed by atoms with Gasteiger partial charge in [0.2, 0.25) is 5.91 Å². The zero-order valence-corrected chi connectivity index (χ0v) is 18.7. The number of carbonyl (C=O) groups is 2. The Morgan fingerprint density at radius 1 is 1.19 bits per heavy atom. The van der Waals surface area contributed by atoms with E-state index in [4.69, 9.17) is 4.74 Å². The third-order valence-corrected chi connectivity index (χ3v) is 6.66. The van der Waals surface area contributed by atoms with Gasteiger partial charge in [-0.2, -0.15) is 0 Å². The molecule has 1 N–H and O–H groups in total. The highest BCUT2D eigenvalue weighted by atomic mass is 19.1. The van der Waals surface area contributed by atoms with E-state index in [1.807, 2.05) is 4.57 Å². The summed E-state index contributed by atoms with van der Waals surface area (Å²) in [5.41, 5.74) is 2.08. The van der Waals surface area contributed by atoms with E-state index in [0.717, 1.165) is 24.1 Å². The number of halogens is 1. The van der Waals surface area contributed by atoms with Crippen molar-refractivity contribution in [3.8, 4) is 0 Å². The number of aromatic nitrogens is 2. The summed E-state index contributed by atoms with van der Waals surface area (Å²) in [5, 5.41) is 3.12. The maximum atomic E-state index is 13.2. The quantitative estimate of drug-likeness (QED) is 0.744. The van der Waals surface area contributed by atoms with Gasteiger partial charge in [-0.15, -0.1) is 0 Å². The number of hydrogen-bond donors (Lipinski definition) is 1. The summed E-state index contributed by atoms with van der Waals surface area (Å²) in [4.78, 5) is 31.8. The molecule has 0 saturated carbocycles. The van der Waals surface area contributed by atoms with Gasteiger partial charge in [0.25, 0.3) is 5.91 Å². The van der Waals surface area contributed by atoms with Gasteiger partial charge in [-0.25, -0.2) is 9.37 Å². The molecule has 2 aliphatic rings. The molecule has 1 saturated heterocycles. The fourth-order valence-corrected chi connectivity index (χ4v) is 4.49. The average molecular weight is 443 g/mol. The highest BCUT2D eigenvalue weighted by Crippen LogP contribution is 2.29. The molecule has 0 aliphatic carbocycles. The van der Waals surface area contributed by atoms with Gasteiger partial charge < -0.3 is 19.5 Å². The minimum Gasteiger partial charge on any atom is -0.365 e. The number of ether oxygens (including phenoxy) is 1. The van der Waals surface area contributed by atoms with Crippen molar-refractivity contribution in [1.29, 1.82) is 0 Å². The average Bonchev–Trinajstić information content (AvgIpc) is 3.25. The van der Waals surface area contributed by atoms with Crippen molar-refractivity contribution in [2.45, 2.75) is 64.8 Å². The molecule has 1 aromatic carbocycles. The molecular formula is C24H31FN4O3. The molecule has 2 aromatic rings. The first kappa shape index (κ1) is 22.5. The van der Waals surface area contributed by atoms with Crippen LogP contribution in [0.5, 0.6) is 0 Å². The molecule has 1 unspecified atom stereocenters. The molecule has 0 spiro atoms. The van der Waals surface area contributed by atoms with E-state index in [2.05, 4.69) is 24.1 Å². The van der Waals surface area contributed by atoms with Crippen molar-refractivity contribution in [3.63, 3.8) is 0 Å². The van der Waals surface area contributed by atoms with Crippen LogP contribution in [0.2, 0.25) is 0 Å². The molecule has 2 aliphatic heterocycles. The molecule has 7 nitrogen and oxygen atoms in total. The normalized spacial score (nSPS) is 19.1. The second-order valence-electron chi connectivity index (χ2n) is 8.63. The number of rotatable bonds is 6. The van der Waals surface area contributed by atoms with Crippen molar-refractivity contribution < 1.29 is 18.7 Å². The molecule has 0 radical (unpaired) electrons. The van der Waals surface area contributed by atoms with Crippen LogP contribution >= 0.6 is 0 Å². The van der Waals surface area contributed by atoms with E-state index >= 15 is 0 Å². The minimum absolute atomic E-state index is 0.0460.